The van der Waals surface area contributed by atoms with E-state index in [1.165, 1.54) is 11.7 Å². The van der Waals surface area contributed by atoms with Crippen LogP contribution in [-0.2, 0) is 25.4 Å². The molecular weight excluding hydrogens is 388 g/mol. The average molecular weight is 418 g/mol. The molecule has 0 spiro atoms. The first-order chi connectivity index (χ1) is 13.8. The summed E-state index contributed by atoms with van der Waals surface area (Å²) in [5.74, 6) is -0.616. The van der Waals surface area contributed by atoms with Crippen LogP contribution in [-0.4, -0.2) is 47.1 Å². The highest BCUT2D eigenvalue weighted by atomic mass is 16.6. The minimum absolute atomic E-state index is 0.113. The van der Waals surface area contributed by atoms with Gasteiger partial charge in [-0.25, -0.2) is 14.4 Å². The lowest BCUT2D eigenvalue weighted by molar-refractivity contribution is -0.143. The molecule has 0 saturated heterocycles. The van der Waals surface area contributed by atoms with E-state index in [1.54, 1.807) is 53.8 Å². The van der Waals surface area contributed by atoms with Gasteiger partial charge in [0.2, 0.25) is 0 Å². The lowest BCUT2D eigenvalue weighted by atomic mass is 10.1. The molecule has 0 unspecified atom stereocenters. The molecule has 0 aliphatic carbocycles. The molecule has 0 bridgehead atoms. The van der Waals surface area contributed by atoms with E-state index in [-0.39, 0.29) is 6.42 Å². The number of para-hydroxylation sites is 1. The summed E-state index contributed by atoms with van der Waals surface area (Å²) in [6, 6.07) is 6.29. The molecule has 30 heavy (non-hydrogen) atoms. The van der Waals surface area contributed by atoms with Gasteiger partial charge in [0.15, 0.2) is 0 Å². The van der Waals surface area contributed by atoms with Crippen LogP contribution in [0.1, 0.15) is 47.1 Å². The topological polar surface area (TPSA) is 95.9 Å². The smallest absolute Gasteiger partial charge is 0.419 e. The predicted octanol–water partition coefficient (Wildman–Crippen LogP) is 4.03. The van der Waals surface area contributed by atoms with E-state index >= 15 is 0 Å². The summed E-state index contributed by atoms with van der Waals surface area (Å²) in [6.07, 6.45) is 0.474. The van der Waals surface area contributed by atoms with Gasteiger partial charge in [0.25, 0.3) is 0 Å². The molecule has 0 aliphatic rings. The van der Waals surface area contributed by atoms with Crippen molar-refractivity contribution in [1.82, 2.24) is 9.88 Å². The molecule has 1 aromatic carbocycles. The number of esters is 1. The zero-order chi connectivity index (χ0) is 22.7. The van der Waals surface area contributed by atoms with Crippen molar-refractivity contribution >= 4 is 29.1 Å². The number of carbonyl (C=O) groups excluding carboxylic acids is 3. The molecule has 164 valence electrons. The van der Waals surface area contributed by atoms with Crippen molar-refractivity contribution in [2.45, 2.75) is 65.2 Å². The van der Waals surface area contributed by atoms with Gasteiger partial charge in [-0.05, 0) is 53.2 Å². The summed E-state index contributed by atoms with van der Waals surface area (Å²) >= 11 is 0. The van der Waals surface area contributed by atoms with Crippen molar-refractivity contribution < 1.29 is 28.6 Å². The first kappa shape index (κ1) is 23.3. The monoisotopic (exact) mass is 418 g/mol. The maximum Gasteiger partial charge on any atom is 0.419 e. The Hall–Kier alpha value is -3.03. The molecule has 2 rings (SSSR count). The zero-order valence-electron chi connectivity index (χ0n) is 18.6. The Morgan fingerprint density at radius 1 is 1.00 bits per heavy atom. The number of carbonyl (C=O) groups is 3. The molecule has 0 radical (unpaired) electrons. The third-order valence-corrected chi connectivity index (χ3v) is 3.99. The van der Waals surface area contributed by atoms with Crippen molar-refractivity contribution in [2.24, 2.45) is 0 Å². The normalized spacial score (nSPS) is 12.9. The Morgan fingerprint density at radius 2 is 1.60 bits per heavy atom. The Morgan fingerprint density at radius 3 is 2.17 bits per heavy atom. The third-order valence-electron chi connectivity index (χ3n) is 3.99. The molecule has 0 aliphatic heterocycles. The van der Waals surface area contributed by atoms with Crippen LogP contribution in [0.5, 0.6) is 0 Å². The van der Waals surface area contributed by atoms with Gasteiger partial charge in [-0.1, -0.05) is 18.2 Å². The van der Waals surface area contributed by atoms with Crippen LogP contribution in [0.3, 0.4) is 0 Å². The van der Waals surface area contributed by atoms with E-state index < -0.39 is 35.4 Å². The number of ether oxygens (including phenoxy) is 3. The first-order valence-electron chi connectivity index (χ1n) is 9.70. The van der Waals surface area contributed by atoms with E-state index in [1.807, 2.05) is 18.2 Å². The van der Waals surface area contributed by atoms with E-state index in [0.717, 1.165) is 5.39 Å². The molecule has 2 aromatic rings. The quantitative estimate of drug-likeness (QED) is 0.595. The molecule has 8 heteroatoms. The number of rotatable bonds is 4. The number of alkyl carbamates (subject to hydrolysis) is 1. The van der Waals surface area contributed by atoms with Gasteiger partial charge < -0.3 is 19.5 Å². The number of fused-ring (bicyclic) bond motifs is 1. The molecule has 8 nitrogen and oxygen atoms in total. The van der Waals surface area contributed by atoms with Gasteiger partial charge in [0, 0.05) is 18.0 Å². The van der Waals surface area contributed by atoms with Crippen LogP contribution in [0.2, 0.25) is 0 Å². The predicted molar refractivity (Wildman–Crippen MR) is 112 cm³/mol. The number of hydrogen-bond acceptors (Lipinski definition) is 6. The van der Waals surface area contributed by atoms with Crippen LogP contribution in [0.25, 0.3) is 10.9 Å². The van der Waals surface area contributed by atoms with E-state index in [2.05, 4.69) is 5.32 Å². The van der Waals surface area contributed by atoms with E-state index in [4.69, 9.17) is 14.2 Å². The van der Waals surface area contributed by atoms with Crippen molar-refractivity contribution in [3.63, 3.8) is 0 Å². The molecular formula is C22H30N2O6. The second-order valence-corrected chi connectivity index (χ2v) is 8.95. The number of hydrogen-bond donors (Lipinski definition) is 1. The average Bonchev–Trinajstić information content (AvgIpc) is 2.96. The fraction of sp³-hybridized carbons (Fsp3) is 0.500. The summed E-state index contributed by atoms with van der Waals surface area (Å²) < 4.78 is 17.0. The van der Waals surface area contributed by atoms with Gasteiger partial charge in [0.1, 0.15) is 17.2 Å². The summed E-state index contributed by atoms with van der Waals surface area (Å²) in [4.78, 5) is 37.1. The maximum atomic E-state index is 12.7. The van der Waals surface area contributed by atoms with Crippen LogP contribution >= 0.6 is 0 Å². The number of aromatic nitrogens is 1. The van der Waals surface area contributed by atoms with Crippen LogP contribution in [0.15, 0.2) is 30.5 Å². The largest absolute Gasteiger partial charge is 0.467 e. The van der Waals surface area contributed by atoms with Gasteiger partial charge in [-0.15, -0.1) is 0 Å². The SMILES string of the molecule is COC(=O)[C@@H](Cc1cn(C(=O)OC(C)(C)C)c2ccccc12)NC(=O)OC(C)(C)C. The molecule has 1 aromatic heterocycles. The summed E-state index contributed by atoms with van der Waals surface area (Å²) in [7, 11) is 1.25. The highest BCUT2D eigenvalue weighted by molar-refractivity contribution is 5.92. The summed E-state index contributed by atoms with van der Waals surface area (Å²) in [5.41, 5.74) is -0.0435. The second-order valence-electron chi connectivity index (χ2n) is 8.95. The van der Waals surface area contributed by atoms with Crippen molar-refractivity contribution in [3.05, 3.63) is 36.0 Å². The Labute approximate surface area is 176 Å². The van der Waals surface area contributed by atoms with Crippen molar-refractivity contribution in [1.29, 1.82) is 0 Å². The maximum absolute atomic E-state index is 12.7. The minimum atomic E-state index is -0.984. The number of benzene rings is 1. The molecule has 1 N–H and O–H groups in total. The van der Waals surface area contributed by atoms with Gasteiger partial charge in [0.05, 0.1) is 12.6 Å². The Balaban J connectivity index is 2.36. The highest BCUT2D eigenvalue weighted by Crippen LogP contribution is 2.24. The lowest BCUT2D eigenvalue weighted by Crippen LogP contribution is -2.45. The number of nitrogens with one attached hydrogen (secondary N) is 1. The van der Waals surface area contributed by atoms with Gasteiger partial charge in [-0.3, -0.25) is 4.57 Å². The standard InChI is InChI=1S/C22H30N2O6/c1-21(2,3)29-19(26)23-16(18(25)28-7)12-14-13-24(20(27)30-22(4,5)6)17-11-9-8-10-15(14)17/h8-11,13,16H,12H2,1-7H3,(H,23,26)/t16-/m1/s1. The molecule has 0 fully saturated rings. The fourth-order valence-corrected chi connectivity index (χ4v) is 2.88. The Kier molecular flexibility index (Phi) is 6.80. The van der Waals surface area contributed by atoms with Crippen LogP contribution in [0.4, 0.5) is 9.59 Å². The fourth-order valence-electron chi connectivity index (χ4n) is 2.88. The van der Waals surface area contributed by atoms with Gasteiger partial charge in [-0.2, -0.15) is 0 Å². The van der Waals surface area contributed by atoms with Crippen LogP contribution < -0.4 is 5.32 Å². The second kappa shape index (κ2) is 8.77. The summed E-state index contributed by atoms with van der Waals surface area (Å²) in [5, 5.41) is 3.32. The number of methoxy groups -OCH3 is 1. The molecule has 0 saturated carbocycles. The molecule has 1 amide bonds. The van der Waals surface area contributed by atoms with E-state index in [0.29, 0.717) is 11.1 Å². The third kappa shape index (κ3) is 6.23. The van der Waals surface area contributed by atoms with Crippen molar-refractivity contribution in [3.8, 4) is 0 Å². The number of amides is 1. The van der Waals surface area contributed by atoms with Crippen LogP contribution in [0, 0.1) is 0 Å². The molecule has 1 atom stereocenters. The van der Waals surface area contributed by atoms with E-state index in [9.17, 15) is 14.4 Å². The highest BCUT2D eigenvalue weighted by Gasteiger charge is 2.28. The molecule has 1 heterocycles. The minimum Gasteiger partial charge on any atom is -0.467 e. The lowest BCUT2D eigenvalue weighted by Gasteiger charge is -2.22. The van der Waals surface area contributed by atoms with Gasteiger partial charge >= 0.3 is 18.2 Å². The van der Waals surface area contributed by atoms with Crippen molar-refractivity contribution in [2.75, 3.05) is 7.11 Å². The summed E-state index contributed by atoms with van der Waals surface area (Å²) in [6.45, 7) is 10.6. The Bertz CT molecular complexity index is 933. The zero-order valence-corrected chi connectivity index (χ0v) is 18.6. The number of nitrogens with zero attached hydrogens (tertiary/aromatic N) is 1. The first-order valence-corrected chi connectivity index (χ1v) is 9.70.